The van der Waals surface area contributed by atoms with E-state index in [9.17, 15) is 4.79 Å². The summed E-state index contributed by atoms with van der Waals surface area (Å²) >= 11 is 3.40. The van der Waals surface area contributed by atoms with Crippen molar-refractivity contribution in [1.82, 2.24) is 5.32 Å². The number of carbonyl (C=O) groups is 1. The summed E-state index contributed by atoms with van der Waals surface area (Å²) in [6.45, 7) is 4.08. The van der Waals surface area contributed by atoms with Crippen LogP contribution >= 0.6 is 15.9 Å². The first-order valence-electron chi connectivity index (χ1n) is 6.39. The third-order valence-electron chi connectivity index (χ3n) is 2.93. The highest BCUT2D eigenvalue weighted by molar-refractivity contribution is 9.10. The molecule has 1 amide bonds. The zero-order valence-electron chi connectivity index (χ0n) is 10.9. The van der Waals surface area contributed by atoms with Gasteiger partial charge in [-0.1, -0.05) is 48.3 Å². The maximum Gasteiger partial charge on any atom is 0.237 e. The lowest BCUT2D eigenvalue weighted by molar-refractivity contribution is -0.123. The van der Waals surface area contributed by atoms with Gasteiger partial charge in [-0.15, -0.1) is 0 Å². The van der Waals surface area contributed by atoms with Crippen molar-refractivity contribution < 1.29 is 4.79 Å². The minimum absolute atomic E-state index is 0.0357. The molecule has 1 aromatic rings. The van der Waals surface area contributed by atoms with E-state index in [0.29, 0.717) is 0 Å². The lowest BCUT2D eigenvalue weighted by Gasteiger charge is -2.20. The first kappa shape index (κ1) is 15.2. The SMILES string of the molecule is CCC[C@H](N)C(=O)NC(CC)c1ccc(Br)cc1. The van der Waals surface area contributed by atoms with Crippen LogP contribution in [0.2, 0.25) is 0 Å². The number of hydrogen-bond acceptors (Lipinski definition) is 2. The Morgan fingerprint density at radius 2 is 1.94 bits per heavy atom. The molecular weight excluding hydrogens is 292 g/mol. The van der Waals surface area contributed by atoms with E-state index in [1.165, 1.54) is 0 Å². The van der Waals surface area contributed by atoms with Gasteiger partial charge in [0.2, 0.25) is 5.91 Å². The van der Waals surface area contributed by atoms with Crippen molar-refractivity contribution in [3.8, 4) is 0 Å². The maximum absolute atomic E-state index is 11.9. The molecule has 0 radical (unpaired) electrons. The molecule has 3 N–H and O–H groups in total. The Hall–Kier alpha value is -0.870. The highest BCUT2D eigenvalue weighted by Gasteiger charge is 2.17. The van der Waals surface area contributed by atoms with E-state index in [4.69, 9.17) is 5.73 Å². The van der Waals surface area contributed by atoms with Crippen LogP contribution in [0.5, 0.6) is 0 Å². The lowest BCUT2D eigenvalue weighted by Crippen LogP contribution is -2.42. The molecule has 1 rings (SSSR count). The summed E-state index contributed by atoms with van der Waals surface area (Å²) in [6, 6.07) is 7.63. The van der Waals surface area contributed by atoms with Crippen molar-refractivity contribution >= 4 is 21.8 Å². The fourth-order valence-electron chi connectivity index (χ4n) is 1.84. The van der Waals surface area contributed by atoms with Crippen LogP contribution in [0, 0.1) is 0 Å². The third kappa shape index (κ3) is 4.42. The molecule has 0 bridgehead atoms. The fraction of sp³-hybridized carbons (Fsp3) is 0.500. The van der Waals surface area contributed by atoms with Crippen molar-refractivity contribution in [3.05, 3.63) is 34.3 Å². The summed E-state index contributed by atoms with van der Waals surface area (Å²) in [7, 11) is 0. The van der Waals surface area contributed by atoms with E-state index in [0.717, 1.165) is 29.3 Å². The molecule has 1 aromatic carbocycles. The van der Waals surface area contributed by atoms with Gasteiger partial charge in [-0.2, -0.15) is 0 Å². The molecule has 3 nitrogen and oxygen atoms in total. The van der Waals surface area contributed by atoms with Crippen LogP contribution in [0.15, 0.2) is 28.7 Å². The summed E-state index contributed by atoms with van der Waals surface area (Å²) in [5.74, 6) is -0.0633. The normalized spacial score (nSPS) is 14.0. The Morgan fingerprint density at radius 1 is 1.33 bits per heavy atom. The summed E-state index contributed by atoms with van der Waals surface area (Å²) in [4.78, 5) is 11.9. The van der Waals surface area contributed by atoms with Gasteiger partial charge in [0.05, 0.1) is 12.1 Å². The largest absolute Gasteiger partial charge is 0.348 e. The molecule has 0 heterocycles. The number of benzene rings is 1. The Labute approximate surface area is 117 Å². The first-order chi connectivity index (χ1) is 8.58. The van der Waals surface area contributed by atoms with Gasteiger partial charge in [0.15, 0.2) is 0 Å². The average Bonchev–Trinajstić information content (AvgIpc) is 2.37. The topological polar surface area (TPSA) is 55.1 Å². The van der Waals surface area contributed by atoms with E-state index in [-0.39, 0.29) is 11.9 Å². The lowest BCUT2D eigenvalue weighted by atomic mass is 10.0. The zero-order chi connectivity index (χ0) is 13.5. The Bertz CT molecular complexity index is 378. The quantitative estimate of drug-likeness (QED) is 0.847. The smallest absolute Gasteiger partial charge is 0.237 e. The summed E-state index contributed by atoms with van der Waals surface area (Å²) < 4.78 is 1.04. The summed E-state index contributed by atoms with van der Waals surface area (Å²) in [5.41, 5.74) is 6.92. The molecule has 0 aliphatic rings. The number of carbonyl (C=O) groups excluding carboxylic acids is 1. The molecule has 18 heavy (non-hydrogen) atoms. The van der Waals surface area contributed by atoms with Crippen LogP contribution in [0.3, 0.4) is 0 Å². The molecule has 0 saturated carbocycles. The Kier molecular flexibility index (Phi) is 6.36. The molecule has 0 saturated heterocycles. The zero-order valence-corrected chi connectivity index (χ0v) is 12.5. The van der Waals surface area contributed by atoms with Gasteiger partial charge in [0.25, 0.3) is 0 Å². The predicted octanol–water partition coefficient (Wildman–Crippen LogP) is 3.14. The number of amides is 1. The minimum atomic E-state index is -0.403. The van der Waals surface area contributed by atoms with Crippen LogP contribution in [0.25, 0.3) is 0 Å². The van der Waals surface area contributed by atoms with Gasteiger partial charge >= 0.3 is 0 Å². The third-order valence-corrected chi connectivity index (χ3v) is 3.46. The predicted molar refractivity (Wildman–Crippen MR) is 78.2 cm³/mol. The number of rotatable bonds is 6. The van der Waals surface area contributed by atoms with Crippen molar-refractivity contribution in [2.75, 3.05) is 0 Å². The summed E-state index contributed by atoms with van der Waals surface area (Å²) in [5, 5.41) is 3.01. The molecule has 0 spiro atoms. The van der Waals surface area contributed by atoms with E-state index >= 15 is 0 Å². The van der Waals surface area contributed by atoms with Gasteiger partial charge in [-0.3, -0.25) is 4.79 Å². The maximum atomic E-state index is 11.9. The molecule has 0 aliphatic heterocycles. The minimum Gasteiger partial charge on any atom is -0.348 e. The number of hydrogen-bond donors (Lipinski definition) is 2. The molecule has 0 fully saturated rings. The highest BCUT2D eigenvalue weighted by atomic mass is 79.9. The molecule has 1 unspecified atom stereocenters. The van der Waals surface area contributed by atoms with Gasteiger partial charge in [-0.05, 0) is 30.5 Å². The molecule has 0 aliphatic carbocycles. The van der Waals surface area contributed by atoms with Crippen molar-refractivity contribution in [2.45, 2.75) is 45.2 Å². The monoisotopic (exact) mass is 312 g/mol. The summed E-state index contributed by atoms with van der Waals surface area (Å²) in [6.07, 6.45) is 2.50. The van der Waals surface area contributed by atoms with Crippen molar-refractivity contribution in [1.29, 1.82) is 0 Å². The second-order valence-electron chi connectivity index (χ2n) is 4.42. The average molecular weight is 313 g/mol. The molecule has 2 atom stereocenters. The van der Waals surface area contributed by atoms with E-state index in [2.05, 4.69) is 28.2 Å². The highest BCUT2D eigenvalue weighted by Crippen LogP contribution is 2.19. The van der Waals surface area contributed by atoms with Crippen molar-refractivity contribution in [2.24, 2.45) is 5.73 Å². The number of nitrogens with two attached hydrogens (primary N) is 1. The van der Waals surface area contributed by atoms with Crippen LogP contribution < -0.4 is 11.1 Å². The number of nitrogens with one attached hydrogen (secondary N) is 1. The van der Waals surface area contributed by atoms with Crippen LogP contribution in [0.1, 0.15) is 44.7 Å². The first-order valence-corrected chi connectivity index (χ1v) is 7.19. The van der Waals surface area contributed by atoms with Gasteiger partial charge in [-0.25, -0.2) is 0 Å². The van der Waals surface area contributed by atoms with Gasteiger partial charge < -0.3 is 11.1 Å². The van der Waals surface area contributed by atoms with Crippen LogP contribution in [-0.4, -0.2) is 11.9 Å². The van der Waals surface area contributed by atoms with E-state index < -0.39 is 6.04 Å². The van der Waals surface area contributed by atoms with Gasteiger partial charge in [0, 0.05) is 4.47 Å². The van der Waals surface area contributed by atoms with Crippen LogP contribution in [-0.2, 0) is 4.79 Å². The Balaban J connectivity index is 2.67. The number of halogens is 1. The fourth-order valence-corrected chi connectivity index (χ4v) is 2.10. The molecule has 100 valence electrons. The molecule has 4 heteroatoms. The van der Waals surface area contributed by atoms with E-state index in [1.807, 2.05) is 31.2 Å². The van der Waals surface area contributed by atoms with Gasteiger partial charge in [0.1, 0.15) is 0 Å². The van der Waals surface area contributed by atoms with E-state index in [1.54, 1.807) is 0 Å². The second kappa shape index (κ2) is 7.54. The molecule has 0 aromatic heterocycles. The van der Waals surface area contributed by atoms with Crippen LogP contribution in [0.4, 0.5) is 0 Å². The second-order valence-corrected chi connectivity index (χ2v) is 5.33. The standard InChI is InChI=1S/C14H21BrN2O/c1-3-5-12(16)14(18)17-13(4-2)10-6-8-11(15)9-7-10/h6-9,12-13H,3-5,16H2,1-2H3,(H,17,18)/t12-,13?/m0/s1. The van der Waals surface area contributed by atoms with Crippen molar-refractivity contribution in [3.63, 3.8) is 0 Å². The Morgan fingerprint density at radius 3 is 2.44 bits per heavy atom. The molecular formula is C14H21BrN2O.